The maximum Gasteiger partial charge on any atom is 0.261 e. The van der Waals surface area contributed by atoms with Crippen LogP contribution in [0.2, 0.25) is 5.15 Å². The maximum absolute atomic E-state index is 12.2. The van der Waals surface area contributed by atoms with Crippen molar-refractivity contribution in [2.75, 3.05) is 7.11 Å². The number of aromatic nitrogens is 2. The lowest BCUT2D eigenvalue weighted by Crippen LogP contribution is -2.40. The summed E-state index contributed by atoms with van der Waals surface area (Å²) in [4.78, 5) is 33.7. The number of amides is 2. The Bertz CT molecular complexity index is 1110. The normalized spacial score (nSPS) is 16.1. The number of phenolic OH excluding ortho intramolecular Hbond substituents is 1. The molecular formula is C23H22ClN3O4. The third-order valence-electron chi connectivity index (χ3n) is 5.65. The van der Waals surface area contributed by atoms with Crippen molar-refractivity contribution in [1.82, 2.24) is 14.9 Å². The summed E-state index contributed by atoms with van der Waals surface area (Å²) in [5.41, 5.74) is 1.78. The van der Waals surface area contributed by atoms with E-state index in [-0.39, 0.29) is 23.6 Å². The Balaban J connectivity index is 0.000000152. The molecule has 160 valence electrons. The molecule has 0 bridgehead atoms. The Hall–Kier alpha value is -3.19. The molecule has 0 unspecified atom stereocenters. The van der Waals surface area contributed by atoms with Crippen LogP contribution in [0, 0.1) is 0 Å². The van der Waals surface area contributed by atoms with E-state index in [0.29, 0.717) is 32.9 Å². The number of methoxy groups -OCH3 is 1. The van der Waals surface area contributed by atoms with Crippen LogP contribution in [0.5, 0.6) is 11.5 Å². The second kappa shape index (κ2) is 8.89. The van der Waals surface area contributed by atoms with Gasteiger partial charge in [0.05, 0.1) is 23.8 Å². The predicted molar refractivity (Wildman–Crippen MR) is 117 cm³/mol. The van der Waals surface area contributed by atoms with Gasteiger partial charge in [-0.2, -0.15) is 0 Å². The molecule has 8 heteroatoms. The van der Waals surface area contributed by atoms with E-state index in [1.54, 1.807) is 18.2 Å². The van der Waals surface area contributed by atoms with Crippen LogP contribution in [0.3, 0.4) is 0 Å². The Kier molecular flexibility index (Phi) is 6.04. The lowest BCUT2D eigenvalue weighted by Gasteiger charge is -2.29. The number of carbonyl (C=O) groups excluding carboxylic acids is 2. The van der Waals surface area contributed by atoms with Crippen molar-refractivity contribution < 1.29 is 19.4 Å². The summed E-state index contributed by atoms with van der Waals surface area (Å²) < 4.78 is 4.94. The summed E-state index contributed by atoms with van der Waals surface area (Å²) in [5, 5.41) is 10.4. The molecule has 31 heavy (non-hydrogen) atoms. The molecule has 3 aromatic rings. The van der Waals surface area contributed by atoms with Gasteiger partial charge >= 0.3 is 0 Å². The summed E-state index contributed by atoms with van der Waals surface area (Å²) in [6.45, 7) is 0. The predicted octanol–water partition coefficient (Wildman–Crippen LogP) is 4.61. The highest BCUT2D eigenvalue weighted by molar-refractivity contribution is 6.34. The molecule has 1 fully saturated rings. The van der Waals surface area contributed by atoms with E-state index >= 15 is 0 Å². The van der Waals surface area contributed by atoms with Crippen molar-refractivity contribution in [3.63, 3.8) is 0 Å². The van der Waals surface area contributed by atoms with Gasteiger partial charge in [0.15, 0.2) is 11.5 Å². The lowest BCUT2D eigenvalue weighted by molar-refractivity contribution is 0.0549. The Morgan fingerprint density at radius 1 is 1.03 bits per heavy atom. The highest BCUT2D eigenvalue weighted by Crippen LogP contribution is 2.32. The number of nitrogens with zero attached hydrogens (tertiary/aromatic N) is 3. The molecule has 1 aliphatic carbocycles. The highest BCUT2D eigenvalue weighted by Gasteiger charge is 2.39. The first-order chi connectivity index (χ1) is 15.0. The minimum absolute atomic E-state index is 0.0247. The van der Waals surface area contributed by atoms with Crippen molar-refractivity contribution in [3.8, 4) is 11.5 Å². The van der Waals surface area contributed by atoms with Crippen LogP contribution in [0.4, 0.5) is 0 Å². The van der Waals surface area contributed by atoms with Crippen molar-refractivity contribution >= 4 is 34.3 Å². The molecule has 5 rings (SSSR count). The molecule has 7 nitrogen and oxygen atoms in total. The van der Waals surface area contributed by atoms with Crippen LogP contribution in [-0.2, 0) is 0 Å². The van der Waals surface area contributed by atoms with Crippen molar-refractivity contribution in [2.45, 2.75) is 38.1 Å². The van der Waals surface area contributed by atoms with Gasteiger partial charge in [0, 0.05) is 17.5 Å². The fourth-order valence-electron chi connectivity index (χ4n) is 4.08. The van der Waals surface area contributed by atoms with Crippen molar-refractivity contribution in [1.29, 1.82) is 0 Å². The molecular weight excluding hydrogens is 418 g/mol. The first-order valence-corrected chi connectivity index (χ1v) is 10.5. The van der Waals surface area contributed by atoms with Crippen molar-refractivity contribution in [2.24, 2.45) is 0 Å². The summed E-state index contributed by atoms with van der Waals surface area (Å²) in [6, 6.07) is 10.3. The van der Waals surface area contributed by atoms with E-state index < -0.39 is 0 Å². The van der Waals surface area contributed by atoms with Crippen LogP contribution >= 0.6 is 11.6 Å². The fourth-order valence-corrected chi connectivity index (χ4v) is 4.28. The van der Waals surface area contributed by atoms with E-state index in [2.05, 4.69) is 9.97 Å². The number of rotatable bonds is 2. The second-order valence-corrected chi connectivity index (χ2v) is 7.88. The molecule has 2 aromatic carbocycles. The molecule has 2 heterocycles. The van der Waals surface area contributed by atoms with Gasteiger partial charge in [0.1, 0.15) is 11.5 Å². The SMILES string of the molecule is COc1cc2ncnc(Cl)c2cc1O.O=C1c2ccccc2C(=O)N1C1CCCCC1. The van der Waals surface area contributed by atoms with Crippen LogP contribution < -0.4 is 4.74 Å². The van der Waals surface area contributed by atoms with Gasteiger partial charge in [-0.15, -0.1) is 0 Å². The topological polar surface area (TPSA) is 92.6 Å². The monoisotopic (exact) mass is 439 g/mol. The molecule has 1 aliphatic heterocycles. The number of ether oxygens (including phenoxy) is 1. The van der Waals surface area contributed by atoms with Gasteiger partial charge in [0.25, 0.3) is 11.8 Å². The van der Waals surface area contributed by atoms with E-state index in [4.69, 9.17) is 16.3 Å². The van der Waals surface area contributed by atoms with Crippen molar-refractivity contribution in [3.05, 3.63) is 59.0 Å². The van der Waals surface area contributed by atoms with Crippen LogP contribution in [0.15, 0.2) is 42.7 Å². The number of fused-ring (bicyclic) bond motifs is 2. The second-order valence-electron chi connectivity index (χ2n) is 7.52. The minimum Gasteiger partial charge on any atom is -0.504 e. The zero-order chi connectivity index (χ0) is 22.0. The number of carbonyl (C=O) groups is 2. The van der Waals surface area contributed by atoms with Gasteiger partial charge in [-0.1, -0.05) is 43.0 Å². The molecule has 0 atom stereocenters. The molecule has 2 amide bonds. The van der Waals surface area contributed by atoms with E-state index in [1.165, 1.54) is 30.8 Å². The Labute approximate surface area is 184 Å². The Morgan fingerprint density at radius 3 is 2.29 bits per heavy atom. The number of hydrogen-bond donors (Lipinski definition) is 1. The van der Waals surface area contributed by atoms with Gasteiger partial charge in [-0.05, 0) is 31.0 Å². The van der Waals surface area contributed by atoms with E-state index in [0.717, 1.165) is 25.7 Å². The number of hydrogen-bond acceptors (Lipinski definition) is 6. The third-order valence-corrected chi connectivity index (χ3v) is 5.95. The Morgan fingerprint density at radius 2 is 1.68 bits per heavy atom. The summed E-state index contributed by atoms with van der Waals surface area (Å²) in [5.74, 6) is 0.193. The largest absolute Gasteiger partial charge is 0.504 e. The number of aromatic hydroxyl groups is 1. The number of benzene rings is 2. The number of halogens is 1. The fraction of sp³-hybridized carbons (Fsp3) is 0.304. The highest BCUT2D eigenvalue weighted by atomic mass is 35.5. The zero-order valence-electron chi connectivity index (χ0n) is 17.0. The average Bonchev–Trinajstić information content (AvgIpc) is 3.05. The smallest absolute Gasteiger partial charge is 0.261 e. The van der Waals surface area contributed by atoms with Crippen LogP contribution in [0.1, 0.15) is 52.8 Å². The molecule has 0 radical (unpaired) electrons. The zero-order valence-corrected chi connectivity index (χ0v) is 17.8. The van der Waals surface area contributed by atoms with Crippen LogP contribution in [-0.4, -0.2) is 44.9 Å². The van der Waals surface area contributed by atoms with Gasteiger partial charge in [0.2, 0.25) is 0 Å². The maximum atomic E-state index is 12.2. The van der Waals surface area contributed by atoms with E-state index in [9.17, 15) is 14.7 Å². The van der Waals surface area contributed by atoms with E-state index in [1.807, 2.05) is 12.1 Å². The molecule has 1 N–H and O–H groups in total. The van der Waals surface area contributed by atoms with Gasteiger partial charge in [-0.3, -0.25) is 14.5 Å². The quantitative estimate of drug-likeness (QED) is 0.463. The summed E-state index contributed by atoms with van der Waals surface area (Å²) >= 11 is 5.82. The molecule has 1 aromatic heterocycles. The number of phenols is 1. The summed E-state index contributed by atoms with van der Waals surface area (Å²) in [7, 11) is 1.48. The molecule has 0 spiro atoms. The number of imide groups is 1. The van der Waals surface area contributed by atoms with Crippen LogP contribution in [0.25, 0.3) is 10.9 Å². The average molecular weight is 440 g/mol. The minimum atomic E-state index is -0.0995. The standard InChI is InChI=1S/C14H15NO2.C9H7ClN2O2/c16-13-11-8-4-5-9-12(11)14(17)15(13)10-6-2-1-3-7-10;1-14-8-3-6-5(2-7(8)13)9(10)12-4-11-6/h4-5,8-10H,1-3,6-7H2;2-4,13H,1H3. The molecule has 2 aliphatic rings. The first kappa shape index (κ1) is 21.1. The van der Waals surface area contributed by atoms with Gasteiger partial charge < -0.3 is 9.84 Å². The summed E-state index contributed by atoms with van der Waals surface area (Å²) in [6.07, 6.45) is 6.76. The van der Waals surface area contributed by atoms with Gasteiger partial charge in [-0.25, -0.2) is 9.97 Å². The molecule has 0 saturated heterocycles. The molecule has 1 saturated carbocycles. The third kappa shape index (κ3) is 4.05. The lowest BCUT2D eigenvalue weighted by atomic mass is 9.94. The first-order valence-electron chi connectivity index (χ1n) is 10.2.